The Morgan fingerprint density at radius 2 is 1.84 bits per heavy atom. The highest BCUT2D eigenvalue weighted by Gasteiger charge is 2.24. The molecule has 124 valence electrons. The van der Waals surface area contributed by atoms with Crippen molar-refractivity contribution < 1.29 is 4.79 Å². The van der Waals surface area contributed by atoms with Crippen molar-refractivity contribution in [1.29, 1.82) is 0 Å². The van der Waals surface area contributed by atoms with Gasteiger partial charge in [-0.1, -0.05) is 48.0 Å². The summed E-state index contributed by atoms with van der Waals surface area (Å²) in [5.41, 5.74) is 4.71. The number of carbonyl (C=O) groups excluding carboxylic acids is 1. The number of hydrogen-bond acceptors (Lipinski definition) is 3. The quantitative estimate of drug-likeness (QED) is 0.771. The molecule has 1 amide bonds. The zero-order valence-electron chi connectivity index (χ0n) is 13.5. The van der Waals surface area contributed by atoms with Crippen molar-refractivity contribution in [2.75, 3.05) is 7.05 Å². The summed E-state index contributed by atoms with van der Waals surface area (Å²) in [6.07, 6.45) is 1.67. The molecule has 3 aromatic rings. The van der Waals surface area contributed by atoms with Crippen LogP contribution in [0, 0.1) is 0 Å². The van der Waals surface area contributed by atoms with Gasteiger partial charge in [0.25, 0.3) is 5.91 Å². The van der Waals surface area contributed by atoms with Gasteiger partial charge in [0.15, 0.2) is 5.69 Å². The maximum Gasteiger partial charge on any atom is 0.271 e. The molecular weight excluding hydrogens is 336 g/mol. The third-order valence-electron chi connectivity index (χ3n) is 4.24. The van der Waals surface area contributed by atoms with E-state index in [4.69, 9.17) is 16.6 Å². The molecule has 0 saturated carbocycles. The summed E-state index contributed by atoms with van der Waals surface area (Å²) >= 11 is 6.40. The maximum absolute atomic E-state index is 12.1. The van der Waals surface area contributed by atoms with E-state index in [1.54, 1.807) is 13.4 Å². The number of amides is 1. The second-order valence-electron chi connectivity index (χ2n) is 5.65. The second-order valence-corrected chi connectivity index (χ2v) is 6.06. The largest absolute Gasteiger partial charge is 0.354 e. The number of nitrogens with zero attached hydrogens (tertiary/aromatic N) is 3. The number of benzene rings is 2. The molecule has 1 aromatic heterocycles. The predicted molar refractivity (Wildman–Crippen MR) is 97.7 cm³/mol. The van der Waals surface area contributed by atoms with E-state index in [1.807, 2.05) is 53.1 Å². The number of aromatic nitrogens is 2. The summed E-state index contributed by atoms with van der Waals surface area (Å²) in [7, 11) is 1.59. The number of nitrogens with one attached hydrogen (secondary N) is 1. The molecule has 0 saturated heterocycles. The summed E-state index contributed by atoms with van der Waals surface area (Å²) < 4.78 is 1.92. The van der Waals surface area contributed by atoms with E-state index in [0.29, 0.717) is 17.3 Å². The lowest BCUT2D eigenvalue weighted by molar-refractivity contribution is 0.0957. The van der Waals surface area contributed by atoms with Crippen LogP contribution in [0.1, 0.15) is 27.3 Å². The van der Waals surface area contributed by atoms with Gasteiger partial charge in [0.1, 0.15) is 6.33 Å². The van der Waals surface area contributed by atoms with Crippen molar-refractivity contribution in [3.8, 4) is 5.69 Å². The van der Waals surface area contributed by atoms with Gasteiger partial charge in [0, 0.05) is 23.2 Å². The Morgan fingerprint density at radius 1 is 1.12 bits per heavy atom. The normalized spacial score (nSPS) is 12.6. The Bertz CT molecular complexity index is 1010. The predicted octanol–water partition coefficient (Wildman–Crippen LogP) is 3.24. The van der Waals surface area contributed by atoms with Gasteiger partial charge in [-0.05, 0) is 12.1 Å². The van der Waals surface area contributed by atoms with Gasteiger partial charge in [0.05, 0.1) is 23.6 Å². The van der Waals surface area contributed by atoms with Crippen LogP contribution < -0.4 is 5.32 Å². The number of halogens is 1. The fourth-order valence-electron chi connectivity index (χ4n) is 3.05. The summed E-state index contributed by atoms with van der Waals surface area (Å²) in [6, 6.07) is 15.6. The van der Waals surface area contributed by atoms with Crippen LogP contribution in [0.2, 0.25) is 5.02 Å². The van der Waals surface area contributed by atoms with E-state index in [0.717, 1.165) is 28.2 Å². The number of imidazole rings is 1. The molecule has 0 aliphatic carbocycles. The first-order chi connectivity index (χ1) is 12.2. The van der Waals surface area contributed by atoms with Gasteiger partial charge in [-0.2, -0.15) is 0 Å². The molecule has 0 unspecified atom stereocenters. The Hall–Kier alpha value is -2.92. The summed E-state index contributed by atoms with van der Waals surface area (Å²) in [5.74, 6) is -0.220. The minimum Gasteiger partial charge on any atom is -0.354 e. The Balaban J connectivity index is 1.96. The minimum absolute atomic E-state index is 0.220. The first kappa shape index (κ1) is 15.6. The summed E-state index contributed by atoms with van der Waals surface area (Å²) in [5, 5.41) is 3.28. The zero-order chi connectivity index (χ0) is 17.4. The highest BCUT2D eigenvalue weighted by atomic mass is 35.5. The SMILES string of the molecule is CNC(=O)c1ncn2c1CN=C(c1ccccc1Cl)c1ccccc1-2. The molecule has 1 aliphatic rings. The van der Waals surface area contributed by atoms with Gasteiger partial charge in [-0.25, -0.2) is 4.98 Å². The topological polar surface area (TPSA) is 59.3 Å². The molecule has 25 heavy (non-hydrogen) atoms. The molecule has 6 heteroatoms. The molecule has 1 aliphatic heterocycles. The monoisotopic (exact) mass is 350 g/mol. The number of fused-ring (bicyclic) bond motifs is 3. The second kappa shape index (κ2) is 6.18. The van der Waals surface area contributed by atoms with Gasteiger partial charge < -0.3 is 5.32 Å². The molecule has 2 aromatic carbocycles. The number of carbonyl (C=O) groups is 1. The average molecular weight is 351 g/mol. The van der Waals surface area contributed by atoms with Crippen LogP contribution in [-0.2, 0) is 6.54 Å². The summed E-state index contributed by atoms with van der Waals surface area (Å²) in [4.78, 5) is 21.2. The first-order valence-corrected chi connectivity index (χ1v) is 8.26. The van der Waals surface area contributed by atoms with Crippen LogP contribution in [0.3, 0.4) is 0 Å². The van der Waals surface area contributed by atoms with Crippen molar-refractivity contribution in [2.45, 2.75) is 6.54 Å². The standard InChI is InChI=1S/C19H15ClN4O/c1-21-19(25)18-16-10-22-17(12-6-2-4-8-14(12)20)13-7-3-5-9-15(13)24(16)11-23-18/h2-9,11H,10H2,1H3,(H,21,25). The summed E-state index contributed by atoms with van der Waals surface area (Å²) in [6.45, 7) is 0.345. The van der Waals surface area contributed by atoms with Gasteiger partial charge >= 0.3 is 0 Å². The lowest BCUT2D eigenvalue weighted by atomic mass is 10.0. The van der Waals surface area contributed by atoms with Crippen LogP contribution in [0.5, 0.6) is 0 Å². The third kappa shape index (κ3) is 2.53. The van der Waals surface area contributed by atoms with Crippen LogP contribution in [0.15, 0.2) is 59.9 Å². The molecular formula is C19H15ClN4O. The fourth-order valence-corrected chi connectivity index (χ4v) is 3.27. The van der Waals surface area contributed by atoms with Crippen LogP contribution in [-0.4, -0.2) is 28.2 Å². The molecule has 2 heterocycles. The van der Waals surface area contributed by atoms with E-state index < -0.39 is 0 Å². The minimum atomic E-state index is -0.220. The Labute approximate surface area is 150 Å². The van der Waals surface area contributed by atoms with Gasteiger partial charge in [-0.15, -0.1) is 0 Å². The van der Waals surface area contributed by atoms with Crippen molar-refractivity contribution in [1.82, 2.24) is 14.9 Å². The van der Waals surface area contributed by atoms with Crippen LogP contribution >= 0.6 is 11.6 Å². The number of aliphatic imine (C=N–C) groups is 1. The lowest BCUT2D eigenvalue weighted by Crippen LogP contribution is -2.20. The molecule has 0 spiro atoms. The van der Waals surface area contributed by atoms with Gasteiger partial charge in [0.2, 0.25) is 0 Å². The molecule has 5 nitrogen and oxygen atoms in total. The smallest absolute Gasteiger partial charge is 0.271 e. The van der Waals surface area contributed by atoms with E-state index in [-0.39, 0.29) is 5.91 Å². The lowest BCUT2D eigenvalue weighted by Gasteiger charge is -2.12. The van der Waals surface area contributed by atoms with E-state index in [1.165, 1.54) is 0 Å². The Morgan fingerprint density at radius 3 is 2.60 bits per heavy atom. The van der Waals surface area contributed by atoms with Crippen LogP contribution in [0.25, 0.3) is 5.69 Å². The maximum atomic E-state index is 12.1. The molecule has 1 N–H and O–H groups in total. The van der Waals surface area contributed by atoms with E-state index in [2.05, 4.69) is 10.3 Å². The molecule has 0 fully saturated rings. The van der Waals surface area contributed by atoms with E-state index >= 15 is 0 Å². The van der Waals surface area contributed by atoms with Crippen molar-refractivity contribution in [2.24, 2.45) is 4.99 Å². The Kier molecular flexibility index (Phi) is 3.86. The van der Waals surface area contributed by atoms with E-state index in [9.17, 15) is 4.79 Å². The molecule has 0 radical (unpaired) electrons. The van der Waals surface area contributed by atoms with Crippen molar-refractivity contribution in [3.63, 3.8) is 0 Å². The fraction of sp³-hybridized carbons (Fsp3) is 0.105. The van der Waals surface area contributed by atoms with Crippen molar-refractivity contribution in [3.05, 3.63) is 82.4 Å². The zero-order valence-corrected chi connectivity index (χ0v) is 14.3. The number of hydrogen-bond donors (Lipinski definition) is 1. The highest BCUT2D eigenvalue weighted by Crippen LogP contribution is 2.28. The van der Waals surface area contributed by atoms with Crippen molar-refractivity contribution >= 4 is 23.2 Å². The molecule has 4 rings (SSSR count). The third-order valence-corrected chi connectivity index (χ3v) is 4.57. The molecule has 0 bridgehead atoms. The first-order valence-electron chi connectivity index (χ1n) is 7.88. The average Bonchev–Trinajstić information content (AvgIpc) is 2.99. The number of para-hydroxylation sites is 1. The highest BCUT2D eigenvalue weighted by molar-refractivity contribution is 6.35. The number of rotatable bonds is 2. The van der Waals surface area contributed by atoms with Crippen LogP contribution in [0.4, 0.5) is 0 Å². The molecule has 0 atom stereocenters. The van der Waals surface area contributed by atoms with Gasteiger partial charge in [-0.3, -0.25) is 14.4 Å².